The number of ether oxygens (including phenoxy) is 1. The average molecular weight is 258 g/mol. The lowest BCUT2D eigenvalue weighted by molar-refractivity contribution is 0.0397. The summed E-state index contributed by atoms with van der Waals surface area (Å²) in [5.74, 6) is -0.0131. The molecule has 0 spiro atoms. The fourth-order valence-corrected chi connectivity index (χ4v) is 2.62. The van der Waals surface area contributed by atoms with E-state index >= 15 is 0 Å². The van der Waals surface area contributed by atoms with Crippen molar-refractivity contribution in [2.45, 2.75) is 18.9 Å². The maximum Gasteiger partial charge on any atom is 0.146 e. The van der Waals surface area contributed by atoms with Crippen LogP contribution in [0.1, 0.15) is 24.4 Å². The molecule has 0 aliphatic carbocycles. The largest absolute Gasteiger partial charge is 0.381 e. The second-order valence-electron chi connectivity index (χ2n) is 4.39. The van der Waals surface area contributed by atoms with E-state index in [1.165, 1.54) is 0 Å². The Morgan fingerprint density at radius 3 is 3.00 bits per heavy atom. The average Bonchev–Trinajstić information content (AvgIpc) is 2.37. The Kier molecular flexibility index (Phi) is 4.37. The van der Waals surface area contributed by atoms with Crippen molar-refractivity contribution in [1.82, 2.24) is 5.32 Å². The summed E-state index contributed by atoms with van der Waals surface area (Å²) in [6.07, 6.45) is 2.09. The topological polar surface area (TPSA) is 21.3 Å². The summed E-state index contributed by atoms with van der Waals surface area (Å²) in [7, 11) is 1.85. The molecule has 0 bridgehead atoms. The van der Waals surface area contributed by atoms with Crippen molar-refractivity contribution < 1.29 is 9.13 Å². The van der Waals surface area contributed by atoms with Crippen LogP contribution in [0, 0.1) is 11.7 Å². The second kappa shape index (κ2) is 5.80. The molecular weight excluding hydrogens is 241 g/mol. The minimum atomic E-state index is -0.320. The molecular formula is C13H17ClFNO. The van der Waals surface area contributed by atoms with Gasteiger partial charge in [0.05, 0.1) is 11.6 Å². The third-order valence-corrected chi connectivity index (χ3v) is 3.59. The molecule has 17 heavy (non-hydrogen) atoms. The van der Waals surface area contributed by atoms with Gasteiger partial charge in [-0.1, -0.05) is 23.7 Å². The fourth-order valence-electron chi connectivity index (χ4n) is 2.43. The fraction of sp³-hybridized carbons (Fsp3) is 0.538. The second-order valence-corrected chi connectivity index (χ2v) is 4.79. The molecule has 2 nitrogen and oxygen atoms in total. The maximum absolute atomic E-state index is 14.0. The zero-order valence-corrected chi connectivity index (χ0v) is 10.6. The van der Waals surface area contributed by atoms with Crippen LogP contribution in [0.3, 0.4) is 0 Å². The smallest absolute Gasteiger partial charge is 0.146 e. The van der Waals surface area contributed by atoms with E-state index in [1.807, 2.05) is 7.05 Å². The highest BCUT2D eigenvalue weighted by Gasteiger charge is 2.26. The standard InChI is InChI=1S/C13H17ClFNO/c1-16-13(9-4-3-7-17-8-9)10-5-2-6-11(14)12(10)15/h2,5-6,9,13,16H,3-4,7-8H2,1H3. The lowest BCUT2D eigenvalue weighted by Gasteiger charge is -2.30. The van der Waals surface area contributed by atoms with E-state index in [0.29, 0.717) is 18.1 Å². The van der Waals surface area contributed by atoms with Crippen LogP contribution in [0.4, 0.5) is 4.39 Å². The first-order valence-corrected chi connectivity index (χ1v) is 6.30. The summed E-state index contributed by atoms with van der Waals surface area (Å²) in [6, 6.07) is 5.12. The van der Waals surface area contributed by atoms with Crippen molar-refractivity contribution in [2.75, 3.05) is 20.3 Å². The minimum absolute atomic E-state index is 0.0333. The van der Waals surface area contributed by atoms with Gasteiger partial charge in [-0.15, -0.1) is 0 Å². The number of halogens is 2. The van der Waals surface area contributed by atoms with Gasteiger partial charge in [-0.3, -0.25) is 0 Å². The van der Waals surface area contributed by atoms with E-state index < -0.39 is 0 Å². The highest BCUT2D eigenvalue weighted by molar-refractivity contribution is 6.30. The summed E-state index contributed by atoms with van der Waals surface area (Å²) in [5, 5.41) is 3.36. The van der Waals surface area contributed by atoms with Crippen LogP contribution in [0.2, 0.25) is 5.02 Å². The SMILES string of the molecule is CNC(c1cccc(Cl)c1F)C1CCCOC1. The molecule has 2 atom stereocenters. The van der Waals surface area contributed by atoms with Gasteiger partial charge in [-0.25, -0.2) is 4.39 Å². The highest BCUT2D eigenvalue weighted by Crippen LogP contribution is 2.32. The van der Waals surface area contributed by atoms with E-state index in [1.54, 1.807) is 18.2 Å². The molecule has 1 N–H and O–H groups in total. The van der Waals surface area contributed by atoms with Crippen LogP contribution in [0.15, 0.2) is 18.2 Å². The van der Waals surface area contributed by atoms with Crippen LogP contribution >= 0.6 is 11.6 Å². The van der Waals surface area contributed by atoms with E-state index in [2.05, 4.69) is 5.32 Å². The Balaban J connectivity index is 2.24. The molecule has 1 heterocycles. The first-order chi connectivity index (χ1) is 8.24. The Bertz CT molecular complexity index is 380. The number of rotatable bonds is 3. The first kappa shape index (κ1) is 12.8. The lowest BCUT2D eigenvalue weighted by Crippen LogP contribution is -2.32. The molecule has 0 radical (unpaired) electrons. The first-order valence-electron chi connectivity index (χ1n) is 5.93. The van der Waals surface area contributed by atoms with Crippen LogP contribution in [-0.4, -0.2) is 20.3 Å². The van der Waals surface area contributed by atoms with Crippen molar-refractivity contribution in [3.8, 4) is 0 Å². The zero-order chi connectivity index (χ0) is 12.3. The zero-order valence-electron chi connectivity index (χ0n) is 9.88. The Labute approximate surface area is 106 Å². The minimum Gasteiger partial charge on any atom is -0.381 e. The maximum atomic E-state index is 14.0. The van der Waals surface area contributed by atoms with Crippen molar-refractivity contribution in [3.63, 3.8) is 0 Å². The molecule has 1 aliphatic rings. The molecule has 1 aromatic carbocycles. The van der Waals surface area contributed by atoms with Crippen LogP contribution in [-0.2, 0) is 4.74 Å². The molecule has 4 heteroatoms. The van der Waals surface area contributed by atoms with Gasteiger partial charge in [0.1, 0.15) is 5.82 Å². The van der Waals surface area contributed by atoms with Crippen molar-refractivity contribution in [3.05, 3.63) is 34.6 Å². The molecule has 0 aromatic heterocycles. The predicted molar refractivity (Wildman–Crippen MR) is 66.8 cm³/mol. The van der Waals surface area contributed by atoms with Crippen LogP contribution < -0.4 is 5.32 Å². The lowest BCUT2D eigenvalue weighted by atomic mass is 9.88. The normalized spacial score (nSPS) is 22.4. The molecule has 94 valence electrons. The molecule has 1 fully saturated rings. The summed E-state index contributed by atoms with van der Waals surface area (Å²) >= 11 is 5.82. The van der Waals surface area contributed by atoms with Crippen LogP contribution in [0.25, 0.3) is 0 Å². The Morgan fingerprint density at radius 1 is 1.53 bits per heavy atom. The van der Waals surface area contributed by atoms with Crippen LogP contribution in [0.5, 0.6) is 0 Å². The Hall–Kier alpha value is -0.640. The van der Waals surface area contributed by atoms with E-state index in [-0.39, 0.29) is 16.9 Å². The summed E-state index contributed by atoms with van der Waals surface area (Å²) in [6.45, 7) is 1.49. The molecule has 2 unspecified atom stereocenters. The number of hydrogen-bond acceptors (Lipinski definition) is 2. The van der Waals surface area contributed by atoms with E-state index in [4.69, 9.17) is 16.3 Å². The van der Waals surface area contributed by atoms with Gasteiger partial charge < -0.3 is 10.1 Å². The van der Waals surface area contributed by atoms with E-state index in [9.17, 15) is 4.39 Å². The quantitative estimate of drug-likeness (QED) is 0.898. The molecule has 0 amide bonds. The molecule has 1 aliphatic heterocycles. The number of hydrogen-bond donors (Lipinski definition) is 1. The van der Waals surface area contributed by atoms with Crippen molar-refractivity contribution in [2.24, 2.45) is 5.92 Å². The monoisotopic (exact) mass is 257 g/mol. The highest BCUT2D eigenvalue weighted by atomic mass is 35.5. The van der Waals surface area contributed by atoms with Crippen molar-refractivity contribution >= 4 is 11.6 Å². The molecule has 2 rings (SSSR count). The van der Waals surface area contributed by atoms with Gasteiger partial charge in [-0.2, -0.15) is 0 Å². The van der Waals surface area contributed by atoms with Crippen molar-refractivity contribution in [1.29, 1.82) is 0 Å². The molecule has 1 saturated heterocycles. The summed E-state index contributed by atoms with van der Waals surface area (Å²) in [5.41, 5.74) is 0.635. The van der Waals surface area contributed by atoms with Gasteiger partial charge in [0.25, 0.3) is 0 Å². The molecule has 0 saturated carbocycles. The van der Waals surface area contributed by atoms with Gasteiger partial charge in [0.15, 0.2) is 0 Å². The third kappa shape index (κ3) is 2.79. The van der Waals surface area contributed by atoms with Gasteiger partial charge in [0, 0.05) is 24.1 Å². The van der Waals surface area contributed by atoms with Gasteiger partial charge in [-0.05, 0) is 26.0 Å². The van der Waals surface area contributed by atoms with Gasteiger partial charge >= 0.3 is 0 Å². The molecule has 1 aromatic rings. The summed E-state index contributed by atoms with van der Waals surface area (Å²) in [4.78, 5) is 0. The van der Waals surface area contributed by atoms with Gasteiger partial charge in [0.2, 0.25) is 0 Å². The summed E-state index contributed by atoms with van der Waals surface area (Å²) < 4.78 is 19.4. The number of benzene rings is 1. The Morgan fingerprint density at radius 2 is 2.35 bits per heavy atom. The van der Waals surface area contributed by atoms with E-state index in [0.717, 1.165) is 19.4 Å². The predicted octanol–water partition coefficient (Wildman–Crippen LogP) is 3.17. The number of nitrogens with one attached hydrogen (secondary N) is 1. The third-order valence-electron chi connectivity index (χ3n) is 3.29.